The standard InChI is InChI=1S/C14H17N3O3/c1-4-20-14(18)13-15-12(17(2)16-13)9-10-6-5-7-11(8-10)19-3/h5-8H,4,9H2,1-3H3. The molecule has 0 aliphatic heterocycles. The zero-order valence-electron chi connectivity index (χ0n) is 11.8. The van der Waals surface area contributed by atoms with Gasteiger partial charge < -0.3 is 9.47 Å². The predicted molar refractivity (Wildman–Crippen MR) is 72.8 cm³/mol. The fraction of sp³-hybridized carbons (Fsp3) is 0.357. The van der Waals surface area contributed by atoms with E-state index < -0.39 is 5.97 Å². The van der Waals surface area contributed by atoms with Crippen LogP contribution >= 0.6 is 0 Å². The van der Waals surface area contributed by atoms with E-state index >= 15 is 0 Å². The van der Waals surface area contributed by atoms with Crippen molar-refractivity contribution < 1.29 is 14.3 Å². The predicted octanol–water partition coefficient (Wildman–Crippen LogP) is 1.59. The lowest BCUT2D eigenvalue weighted by Gasteiger charge is -2.03. The molecular weight excluding hydrogens is 258 g/mol. The second-order valence-corrected chi connectivity index (χ2v) is 4.22. The van der Waals surface area contributed by atoms with Crippen molar-refractivity contribution in [3.8, 4) is 5.75 Å². The first-order valence-corrected chi connectivity index (χ1v) is 6.34. The maximum Gasteiger partial charge on any atom is 0.378 e. The number of aryl methyl sites for hydroxylation is 1. The minimum Gasteiger partial charge on any atom is -0.497 e. The summed E-state index contributed by atoms with van der Waals surface area (Å²) in [5, 5.41) is 4.07. The van der Waals surface area contributed by atoms with E-state index in [1.165, 1.54) is 0 Å². The smallest absolute Gasteiger partial charge is 0.378 e. The summed E-state index contributed by atoms with van der Waals surface area (Å²) < 4.78 is 11.7. The van der Waals surface area contributed by atoms with Gasteiger partial charge >= 0.3 is 5.97 Å². The van der Waals surface area contributed by atoms with Crippen molar-refractivity contribution in [2.24, 2.45) is 7.05 Å². The van der Waals surface area contributed by atoms with Gasteiger partial charge in [-0.1, -0.05) is 12.1 Å². The number of nitrogens with zero attached hydrogens (tertiary/aromatic N) is 3. The molecule has 0 fully saturated rings. The first-order chi connectivity index (χ1) is 9.63. The summed E-state index contributed by atoms with van der Waals surface area (Å²) in [5.41, 5.74) is 1.04. The lowest BCUT2D eigenvalue weighted by molar-refractivity contribution is 0.0512. The Morgan fingerprint density at radius 2 is 2.20 bits per heavy atom. The number of hydrogen-bond acceptors (Lipinski definition) is 5. The zero-order chi connectivity index (χ0) is 14.5. The van der Waals surface area contributed by atoms with E-state index in [0.29, 0.717) is 18.9 Å². The number of aromatic nitrogens is 3. The van der Waals surface area contributed by atoms with E-state index in [0.717, 1.165) is 11.3 Å². The molecule has 2 rings (SSSR count). The molecule has 20 heavy (non-hydrogen) atoms. The van der Waals surface area contributed by atoms with E-state index in [9.17, 15) is 4.79 Å². The number of hydrogen-bond donors (Lipinski definition) is 0. The number of methoxy groups -OCH3 is 1. The molecule has 0 amide bonds. The van der Waals surface area contributed by atoms with E-state index in [1.807, 2.05) is 24.3 Å². The first-order valence-electron chi connectivity index (χ1n) is 6.34. The number of carbonyl (C=O) groups excluding carboxylic acids is 1. The maximum absolute atomic E-state index is 11.6. The van der Waals surface area contributed by atoms with Crippen LogP contribution in [0.15, 0.2) is 24.3 Å². The molecule has 0 atom stereocenters. The molecule has 1 aromatic carbocycles. The number of ether oxygens (including phenoxy) is 2. The third-order valence-electron chi connectivity index (χ3n) is 2.81. The van der Waals surface area contributed by atoms with Crippen LogP contribution in [0, 0.1) is 0 Å². The van der Waals surface area contributed by atoms with Crippen LogP contribution < -0.4 is 4.74 Å². The highest BCUT2D eigenvalue weighted by Gasteiger charge is 2.16. The third-order valence-corrected chi connectivity index (χ3v) is 2.81. The first kappa shape index (κ1) is 14.0. The average molecular weight is 275 g/mol. The highest BCUT2D eigenvalue weighted by Crippen LogP contribution is 2.15. The molecular formula is C14H17N3O3. The Kier molecular flexibility index (Phi) is 4.34. The Balaban J connectivity index is 2.18. The Morgan fingerprint density at radius 1 is 1.40 bits per heavy atom. The van der Waals surface area contributed by atoms with Crippen molar-refractivity contribution in [1.29, 1.82) is 0 Å². The Bertz CT molecular complexity index is 607. The van der Waals surface area contributed by atoms with Gasteiger partial charge in [0, 0.05) is 13.5 Å². The summed E-state index contributed by atoms with van der Waals surface area (Å²) >= 11 is 0. The minimum atomic E-state index is -0.500. The Hall–Kier alpha value is -2.37. The van der Waals surface area contributed by atoms with Gasteiger partial charge in [-0.25, -0.2) is 9.78 Å². The molecule has 1 aromatic heterocycles. The molecule has 0 N–H and O–H groups in total. The third kappa shape index (κ3) is 3.14. The highest BCUT2D eigenvalue weighted by atomic mass is 16.5. The zero-order valence-corrected chi connectivity index (χ0v) is 11.8. The molecule has 6 nitrogen and oxygen atoms in total. The Labute approximate surface area is 117 Å². The summed E-state index contributed by atoms with van der Waals surface area (Å²) in [7, 11) is 3.38. The molecule has 1 heterocycles. The minimum absolute atomic E-state index is 0.0900. The van der Waals surface area contributed by atoms with Gasteiger partial charge in [0.15, 0.2) is 0 Å². The molecule has 6 heteroatoms. The number of benzene rings is 1. The second kappa shape index (κ2) is 6.18. The van der Waals surface area contributed by atoms with Crippen LogP contribution in [0.3, 0.4) is 0 Å². The van der Waals surface area contributed by atoms with Crippen LogP contribution in [-0.4, -0.2) is 34.5 Å². The summed E-state index contributed by atoms with van der Waals surface area (Å²) in [6.45, 7) is 2.06. The topological polar surface area (TPSA) is 66.2 Å². The Morgan fingerprint density at radius 3 is 2.90 bits per heavy atom. The monoisotopic (exact) mass is 275 g/mol. The highest BCUT2D eigenvalue weighted by molar-refractivity contribution is 5.84. The molecule has 0 spiro atoms. The van der Waals surface area contributed by atoms with Crippen LogP contribution in [0.2, 0.25) is 0 Å². The summed E-state index contributed by atoms with van der Waals surface area (Å²) in [4.78, 5) is 15.8. The number of rotatable bonds is 5. The van der Waals surface area contributed by atoms with Gasteiger partial charge in [0.05, 0.1) is 13.7 Å². The summed E-state index contributed by atoms with van der Waals surface area (Å²) in [5.74, 6) is 1.07. The lowest BCUT2D eigenvalue weighted by atomic mass is 10.1. The van der Waals surface area contributed by atoms with Gasteiger partial charge in [-0.3, -0.25) is 4.68 Å². The molecule has 0 unspecified atom stereocenters. The van der Waals surface area contributed by atoms with Gasteiger partial charge in [-0.15, -0.1) is 5.10 Å². The van der Waals surface area contributed by atoms with E-state index in [1.54, 1.807) is 25.8 Å². The largest absolute Gasteiger partial charge is 0.497 e. The van der Waals surface area contributed by atoms with Crippen LogP contribution in [-0.2, 0) is 18.2 Å². The molecule has 106 valence electrons. The fourth-order valence-electron chi connectivity index (χ4n) is 1.82. The van der Waals surface area contributed by atoms with Crippen LogP contribution in [0.5, 0.6) is 5.75 Å². The number of esters is 1. The van der Waals surface area contributed by atoms with Gasteiger partial charge in [-0.05, 0) is 24.6 Å². The molecule has 0 aliphatic rings. The normalized spacial score (nSPS) is 10.3. The van der Waals surface area contributed by atoms with Crippen molar-refractivity contribution >= 4 is 5.97 Å². The number of carbonyl (C=O) groups is 1. The van der Waals surface area contributed by atoms with Crippen LogP contribution in [0.25, 0.3) is 0 Å². The molecule has 0 saturated carbocycles. The average Bonchev–Trinajstić information content (AvgIpc) is 2.81. The van der Waals surface area contributed by atoms with Gasteiger partial charge in [-0.2, -0.15) is 0 Å². The van der Waals surface area contributed by atoms with Crippen molar-refractivity contribution in [3.63, 3.8) is 0 Å². The summed E-state index contributed by atoms with van der Waals surface area (Å²) in [6, 6.07) is 7.70. The fourth-order valence-corrected chi connectivity index (χ4v) is 1.82. The van der Waals surface area contributed by atoms with Crippen molar-refractivity contribution in [2.75, 3.05) is 13.7 Å². The summed E-state index contributed by atoms with van der Waals surface area (Å²) in [6.07, 6.45) is 0.570. The van der Waals surface area contributed by atoms with E-state index in [-0.39, 0.29) is 5.82 Å². The quantitative estimate of drug-likeness (QED) is 0.775. The van der Waals surface area contributed by atoms with Crippen molar-refractivity contribution in [1.82, 2.24) is 14.8 Å². The molecule has 2 aromatic rings. The van der Waals surface area contributed by atoms with Gasteiger partial charge in [0.1, 0.15) is 11.6 Å². The SMILES string of the molecule is CCOC(=O)c1nc(Cc2cccc(OC)c2)n(C)n1. The maximum atomic E-state index is 11.6. The lowest BCUT2D eigenvalue weighted by Crippen LogP contribution is -2.07. The van der Waals surface area contributed by atoms with Gasteiger partial charge in [0.25, 0.3) is 5.82 Å². The van der Waals surface area contributed by atoms with E-state index in [2.05, 4.69) is 10.1 Å². The second-order valence-electron chi connectivity index (χ2n) is 4.22. The molecule has 0 aliphatic carbocycles. The molecule has 0 bridgehead atoms. The van der Waals surface area contributed by atoms with Crippen molar-refractivity contribution in [3.05, 3.63) is 41.5 Å². The van der Waals surface area contributed by atoms with Crippen LogP contribution in [0.4, 0.5) is 0 Å². The van der Waals surface area contributed by atoms with Gasteiger partial charge in [0.2, 0.25) is 0 Å². The molecule has 0 radical (unpaired) electrons. The van der Waals surface area contributed by atoms with Crippen LogP contribution in [0.1, 0.15) is 28.9 Å². The molecule has 0 saturated heterocycles. The van der Waals surface area contributed by atoms with Crippen molar-refractivity contribution in [2.45, 2.75) is 13.3 Å². The van der Waals surface area contributed by atoms with E-state index in [4.69, 9.17) is 9.47 Å².